The summed E-state index contributed by atoms with van der Waals surface area (Å²) in [5, 5.41) is 14.4. The number of carbonyl (C=O) groups excluding carboxylic acids is 1. The molecule has 0 aromatic heterocycles. The van der Waals surface area contributed by atoms with Crippen molar-refractivity contribution in [1.29, 1.82) is 0 Å². The molecule has 5 rings (SSSR count). The van der Waals surface area contributed by atoms with Crippen LogP contribution in [0.25, 0.3) is 0 Å². The van der Waals surface area contributed by atoms with E-state index in [9.17, 15) is 14.7 Å². The molecule has 234 valence electrons. The Bertz CT molecular complexity index is 1460. The molecule has 44 heavy (non-hydrogen) atoms. The van der Waals surface area contributed by atoms with Crippen LogP contribution in [0.2, 0.25) is 5.02 Å². The van der Waals surface area contributed by atoms with Crippen LogP contribution in [-0.2, 0) is 22.4 Å². The van der Waals surface area contributed by atoms with Crippen LogP contribution < -0.4 is 19.5 Å². The summed E-state index contributed by atoms with van der Waals surface area (Å²) in [6.45, 7) is 5.96. The highest BCUT2D eigenvalue weighted by Crippen LogP contribution is 2.47. The van der Waals surface area contributed by atoms with Gasteiger partial charge < -0.3 is 24.6 Å². The van der Waals surface area contributed by atoms with Crippen molar-refractivity contribution in [2.75, 3.05) is 50.2 Å². The van der Waals surface area contributed by atoms with Gasteiger partial charge in [-0.1, -0.05) is 43.6 Å². The zero-order valence-corrected chi connectivity index (χ0v) is 26.9. The normalized spacial score (nSPS) is 19.5. The lowest BCUT2D eigenvalue weighted by molar-refractivity contribution is -0.143. The quantitative estimate of drug-likeness (QED) is 0.218. The van der Waals surface area contributed by atoms with E-state index >= 15 is 0 Å². The summed E-state index contributed by atoms with van der Waals surface area (Å²) in [6, 6.07) is 16.4. The first-order valence-corrected chi connectivity index (χ1v) is 16.8. The fourth-order valence-corrected chi connectivity index (χ4v) is 6.74. The number of rotatable bonds is 12. The minimum Gasteiger partial charge on any atom is -0.493 e. The Labute approximate surface area is 268 Å². The molecule has 1 amide bonds. The van der Waals surface area contributed by atoms with Crippen molar-refractivity contribution < 1.29 is 28.9 Å². The van der Waals surface area contributed by atoms with Gasteiger partial charge in [0.1, 0.15) is 19.0 Å². The van der Waals surface area contributed by atoms with E-state index in [4.69, 9.17) is 25.8 Å². The number of nitrogens with zero attached hydrogens (tertiary/aromatic N) is 1. The fraction of sp³-hybridized carbons (Fsp3) is 0.412. The Morgan fingerprint density at radius 2 is 1.66 bits per heavy atom. The number of aryl methyl sites for hydroxylation is 2. The van der Waals surface area contributed by atoms with E-state index in [0.717, 1.165) is 39.4 Å². The standard InChI is InChI=1S/C34H39ClN2O6S/c1-4-21-16-25(35)17-22(5-2)32(21)36-30(38)20-37-19-27(24-8-11-28-29(18-24)43-13-12-42-28)31(34(39)40)33(37)23-6-9-26(10-7-23)41-14-15-44-3/h6-11,16-18,27,31,33H,4-5,12-15,19-20H2,1-3H3,(H,36,38)(H,39,40)/t27-,31?,33+/m1/s1. The predicted molar refractivity (Wildman–Crippen MR) is 175 cm³/mol. The number of aliphatic carboxylic acids is 1. The lowest BCUT2D eigenvalue weighted by atomic mass is 9.82. The van der Waals surface area contributed by atoms with Crippen LogP contribution in [-0.4, -0.2) is 66.8 Å². The zero-order valence-electron chi connectivity index (χ0n) is 25.3. The van der Waals surface area contributed by atoms with E-state index in [1.54, 1.807) is 11.8 Å². The Morgan fingerprint density at radius 3 is 2.30 bits per heavy atom. The molecule has 0 bridgehead atoms. The van der Waals surface area contributed by atoms with Gasteiger partial charge >= 0.3 is 5.97 Å². The Hall–Kier alpha value is -3.40. The van der Waals surface area contributed by atoms with Crippen molar-refractivity contribution in [1.82, 2.24) is 4.90 Å². The van der Waals surface area contributed by atoms with Crippen LogP contribution in [0.1, 0.15) is 48.1 Å². The molecule has 10 heteroatoms. The van der Waals surface area contributed by atoms with Crippen LogP contribution in [0.4, 0.5) is 5.69 Å². The first-order chi connectivity index (χ1) is 21.3. The minimum atomic E-state index is -0.919. The van der Waals surface area contributed by atoms with E-state index in [1.807, 2.05) is 79.6 Å². The van der Waals surface area contributed by atoms with Gasteiger partial charge in [0, 0.05) is 35.0 Å². The van der Waals surface area contributed by atoms with E-state index in [2.05, 4.69) is 5.32 Å². The Balaban J connectivity index is 1.47. The summed E-state index contributed by atoms with van der Waals surface area (Å²) in [5.41, 5.74) is 4.37. The lowest BCUT2D eigenvalue weighted by Crippen LogP contribution is -2.35. The van der Waals surface area contributed by atoms with Gasteiger partial charge in [0.05, 0.1) is 19.1 Å². The summed E-state index contributed by atoms with van der Waals surface area (Å²) in [7, 11) is 0. The molecule has 1 fully saturated rings. The first kappa shape index (κ1) is 32.0. The summed E-state index contributed by atoms with van der Waals surface area (Å²) in [6.07, 6.45) is 3.46. The number of benzene rings is 3. The molecule has 3 aromatic carbocycles. The smallest absolute Gasteiger partial charge is 0.309 e. The number of hydrogen-bond acceptors (Lipinski definition) is 7. The van der Waals surface area contributed by atoms with Crippen molar-refractivity contribution >= 4 is 40.9 Å². The van der Waals surface area contributed by atoms with Crippen LogP contribution in [0.15, 0.2) is 54.6 Å². The van der Waals surface area contributed by atoms with Gasteiger partial charge in [-0.3, -0.25) is 14.5 Å². The summed E-state index contributed by atoms with van der Waals surface area (Å²) in [4.78, 5) is 28.7. The molecule has 2 N–H and O–H groups in total. The monoisotopic (exact) mass is 638 g/mol. The maximum atomic E-state index is 13.7. The molecule has 0 radical (unpaired) electrons. The predicted octanol–water partition coefficient (Wildman–Crippen LogP) is 6.46. The number of halogens is 1. The number of carbonyl (C=O) groups is 2. The van der Waals surface area contributed by atoms with Crippen molar-refractivity contribution in [3.05, 3.63) is 81.9 Å². The lowest BCUT2D eigenvalue weighted by Gasteiger charge is -2.27. The average molecular weight is 639 g/mol. The molecule has 1 unspecified atom stereocenters. The number of amides is 1. The zero-order chi connectivity index (χ0) is 31.2. The molecule has 3 atom stereocenters. The van der Waals surface area contributed by atoms with Crippen LogP contribution in [0.5, 0.6) is 17.2 Å². The van der Waals surface area contributed by atoms with Gasteiger partial charge in [0.15, 0.2) is 11.5 Å². The van der Waals surface area contributed by atoms with Gasteiger partial charge in [0.2, 0.25) is 5.91 Å². The number of anilines is 1. The number of nitrogens with one attached hydrogen (secondary N) is 1. The average Bonchev–Trinajstić information content (AvgIpc) is 3.41. The van der Waals surface area contributed by atoms with E-state index < -0.39 is 17.9 Å². The molecule has 2 heterocycles. The van der Waals surface area contributed by atoms with Crippen molar-refractivity contribution in [3.8, 4) is 17.2 Å². The van der Waals surface area contributed by atoms with Crippen LogP contribution in [0.3, 0.4) is 0 Å². The number of ether oxygens (including phenoxy) is 3. The van der Waals surface area contributed by atoms with Crippen LogP contribution >= 0.6 is 23.4 Å². The van der Waals surface area contributed by atoms with Gasteiger partial charge in [-0.25, -0.2) is 0 Å². The SMILES string of the molecule is CCc1cc(Cl)cc(CC)c1NC(=O)CN1C[C@H](c2ccc3c(c2)OCCO3)C(C(=O)O)[C@@H]1c1ccc(OCCSC)cc1. The molecule has 1 saturated heterocycles. The third-order valence-electron chi connectivity index (χ3n) is 8.29. The van der Waals surface area contributed by atoms with Crippen molar-refractivity contribution in [2.45, 2.75) is 38.6 Å². The number of thioether (sulfide) groups is 1. The van der Waals surface area contributed by atoms with Gasteiger partial charge in [-0.15, -0.1) is 0 Å². The third kappa shape index (κ3) is 7.11. The molecular weight excluding hydrogens is 600 g/mol. The van der Waals surface area contributed by atoms with Gasteiger partial charge in [-0.05, 0) is 77.7 Å². The third-order valence-corrected chi connectivity index (χ3v) is 9.09. The second kappa shape index (κ2) is 14.6. The summed E-state index contributed by atoms with van der Waals surface area (Å²) < 4.78 is 17.4. The van der Waals surface area contributed by atoms with Gasteiger partial charge in [-0.2, -0.15) is 11.8 Å². The highest BCUT2D eigenvalue weighted by molar-refractivity contribution is 7.98. The molecule has 0 spiro atoms. The molecule has 0 aliphatic carbocycles. The highest BCUT2D eigenvalue weighted by Gasteiger charge is 2.48. The Kier molecular flexibility index (Phi) is 10.6. The molecule has 3 aromatic rings. The summed E-state index contributed by atoms with van der Waals surface area (Å²) in [5.74, 6) is 0.549. The number of hydrogen-bond donors (Lipinski definition) is 2. The number of likely N-dealkylation sites (tertiary alicyclic amines) is 1. The topological polar surface area (TPSA) is 97.3 Å². The largest absolute Gasteiger partial charge is 0.493 e. The number of fused-ring (bicyclic) bond motifs is 1. The number of carboxylic acids is 1. The van der Waals surface area contributed by atoms with E-state index in [0.29, 0.717) is 55.7 Å². The molecule has 2 aliphatic rings. The van der Waals surface area contributed by atoms with Crippen molar-refractivity contribution in [3.63, 3.8) is 0 Å². The Morgan fingerprint density at radius 1 is 1.00 bits per heavy atom. The summed E-state index contributed by atoms with van der Waals surface area (Å²) >= 11 is 8.06. The first-order valence-electron chi connectivity index (χ1n) is 15.0. The minimum absolute atomic E-state index is 0.0242. The fourth-order valence-electron chi connectivity index (χ4n) is 6.23. The maximum absolute atomic E-state index is 13.7. The molecule has 0 saturated carbocycles. The van der Waals surface area contributed by atoms with E-state index in [1.165, 1.54) is 0 Å². The molecular formula is C34H39ClN2O6S. The molecule has 2 aliphatic heterocycles. The van der Waals surface area contributed by atoms with Crippen LogP contribution in [0, 0.1) is 5.92 Å². The van der Waals surface area contributed by atoms with Gasteiger partial charge in [0.25, 0.3) is 0 Å². The molecule has 8 nitrogen and oxygen atoms in total. The second-order valence-electron chi connectivity index (χ2n) is 11.0. The second-order valence-corrected chi connectivity index (χ2v) is 12.4. The highest BCUT2D eigenvalue weighted by atomic mass is 35.5. The maximum Gasteiger partial charge on any atom is 0.309 e. The van der Waals surface area contributed by atoms with E-state index in [-0.39, 0.29) is 18.4 Å². The van der Waals surface area contributed by atoms with Crippen molar-refractivity contribution in [2.24, 2.45) is 5.92 Å². The number of carboxylic acid groups (broad SMARTS) is 1.